The predicted molar refractivity (Wildman–Crippen MR) is 95.5 cm³/mol. The summed E-state index contributed by atoms with van der Waals surface area (Å²) in [6.45, 7) is 3.56. The van der Waals surface area contributed by atoms with Gasteiger partial charge in [-0.2, -0.15) is 0 Å². The zero-order valence-electron chi connectivity index (χ0n) is 14.1. The molecular weight excluding hydrogens is 322 g/mol. The van der Waals surface area contributed by atoms with Crippen LogP contribution in [0.15, 0.2) is 46.9 Å². The average molecular weight is 347 g/mol. The van der Waals surface area contributed by atoms with Gasteiger partial charge in [0.25, 0.3) is 0 Å². The van der Waals surface area contributed by atoms with Crippen molar-refractivity contribution in [2.75, 3.05) is 12.3 Å². The molecule has 0 bridgehead atoms. The van der Waals surface area contributed by atoms with Crippen molar-refractivity contribution in [3.05, 3.63) is 59.5 Å². The first-order valence-electron chi connectivity index (χ1n) is 8.57. The summed E-state index contributed by atoms with van der Waals surface area (Å²) in [6, 6.07) is 13.4. The van der Waals surface area contributed by atoms with Gasteiger partial charge in [-0.3, -0.25) is 0 Å². The van der Waals surface area contributed by atoms with E-state index in [0.717, 1.165) is 23.0 Å². The van der Waals surface area contributed by atoms with Gasteiger partial charge in [-0.25, -0.2) is 8.42 Å². The Hall–Kier alpha value is -1.59. The minimum atomic E-state index is -3.05. The van der Waals surface area contributed by atoms with E-state index in [1.54, 1.807) is 0 Å². The van der Waals surface area contributed by atoms with Gasteiger partial charge in [0.05, 0.1) is 18.1 Å². The second-order valence-electron chi connectivity index (χ2n) is 6.73. The molecule has 3 rings (SSSR count). The molecule has 0 saturated heterocycles. The van der Waals surface area contributed by atoms with Crippen molar-refractivity contribution in [1.82, 2.24) is 5.32 Å². The molecule has 1 aromatic carbocycles. The lowest BCUT2D eigenvalue weighted by molar-refractivity contribution is 0.444. The van der Waals surface area contributed by atoms with Gasteiger partial charge >= 0.3 is 0 Å². The first-order chi connectivity index (χ1) is 11.5. The Morgan fingerprint density at radius 2 is 1.92 bits per heavy atom. The lowest BCUT2D eigenvalue weighted by atomic mass is 10.2. The normalized spacial score (nSPS) is 20.2. The summed E-state index contributed by atoms with van der Waals surface area (Å²) in [4.78, 5) is 0. The van der Waals surface area contributed by atoms with Gasteiger partial charge in [-0.15, -0.1) is 0 Å². The van der Waals surface area contributed by atoms with Crippen LogP contribution in [0.1, 0.15) is 42.8 Å². The molecular formula is C19H25NO3S. The van der Waals surface area contributed by atoms with Crippen molar-refractivity contribution in [3.8, 4) is 0 Å². The minimum absolute atomic E-state index is 0.120. The number of nitrogens with one attached hydrogen (secondary N) is 1. The van der Waals surface area contributed by atoms with Gasteiger partial charge in [0.15, 0.2) is 9.84 Å². The van der Waals surface area contributed by atoms with Crippen LogP contribution in [0.2, 0.25) is 0 Å². The van der Waals surface area contributed by atoms with Gasteiger partial charge in [0, 0.05) is 5.92 Å². The molecule has 4 nitrogen and oxygen atoms in total. The maximum absolute atomic E-state index is 12.1. The van der Waals surface area contributed by atoms with Crippen LogP contribution in [-0.4, -0.2) is 20.7 Å². The minimum Gasteiger partial charge on any atom is -0.464 e. The van der Waals surface area contributed by atoms with Crippen LogP contribution < -0.4 is 5.32 Å². The highest BCUT2D eigenvalue weighted by molar-refractivity contribution is 7.90. The highest BCUT2D eigenvalue weighted by atomic mass is 32.2. The highest BCUT2D eigenvalue weighted by Crippen LogP contribution is 2.47. The molecule has 130 valence electrons. The molecule has 1 heterocycles. The highest BCUT2D eigenvalue weighted by Gasteiger charge is 2.36. The van der Waals surface area contributed by atoms with Crippen molar-refractivity contribution < 1.29 is 12.8 Å². The molecule has 0 aliphatic heterocycles. The van der Waals surface area contributed by atoms with Gasteiger partial charge in [0.1, 0.15) is 11.5 Å². The summed E-state index contributed by atoms with van der Waals surface area (Å²) in [5.41, 5.74) is 0.850. The molecule has 0 spiro atoms. The molecule has 5 heteroatoms. The summed E-state index contributed by atoms with van der Waals surface area (Å²) in [6.07, 6.45) is 1.84. The molecule has 24 heavy (non-hydrogen) atoms. The van der Waals surface area contributed by atoms with Crippen LogP contribution in [0, 0.1) is 5.92 Å². The molecule has 0 amide bonds. The van der Waals surface area contributed by atoms with E-state index in [4.69, 9.17) is 4.42 Å². The fourth-order valence-electron chi connectivity index (χ4n) is 2.94. The fourth-order valence-corrected chi connectivity index (χ4v) is 4.37. The number of hydrogen-bond acceptors (Lipinski definition) is 4. The monoisotopic (exact) mass is 347 g/mol. The Labute approximate surface area is 144 Å². The summed E-state index contributed by atoms with van der Waals surface area (Å²) in [7, 11) is -3.05. The van der Waals surface area contributed by atoms with Gasteiger partial charge in [-0.1, -0.05) is 37.3 Å². The summed E-state index contributed by atoms with van der Waals surface area (Å²) in [5, 5.41) is 3.26. The third-order valence-corrected chi connectivity index (χ3v) is 6.18. The van der Waals surface area contributed by atoms with E-state index >= 15 is 0 Å². The Balaban J connectivity index is 1.35. The Morgan fingerprint density at radius 1 is 1.17 bits per heavy atom. The van der Waals surface area contributed by atoms with Gasteiger partial charge < -0.3 is 9.73 Å². The van der Waals surface area contributed by atoms with Crippen LogP contribution in [0.5, 0.6) is 0 Å². The SMILES string of the molecule is CC1CC1c1ccc(CNCCCS(=O)(=O)Cc2ccccc2)o1. The average Bonchev–Trinajstić information content (AvgIpc) is 3.08. The van der Waals surface area contributed by atoms with E-state index < -0.39 is 9.84 Å². The first-order valence-corrected chi connectivity index (χ1v) is 10.4. The lowest BCUT2D eigenvalue weighted by Gasteiger charge is -2.05. The van der Waals surface area contributed by atoms with Crippen LogP contribution in [0.4, 0.5) is 0 Å². The summed E-state index contributed by atoms with van der Waals surface area (Å²) in [5.74, 6) is 3.68. The Morgan fingerprint density at radius 3 is 2.62 bits per heavy atom. The molecule has 2 atom stereocenters. The maximum atomic E-state index is 12.1. The molecule has 0 radical (unpaired) electrons. The molecule has 2 aromatic rings. The molecule has 2 unspecified atom stereocenters. The molecule has 1 aliphatic rings. The van der Waals surface area contributed by atoms with Crippen molar-refractivity contribution in [2.45, 2.75) is 38.0 Å². The largest absolute Gasteiger partial charge is 0.464 e. The first kappa shape index (κ1) is 17.2. The van der Waals surface area contributed by atoms with Gasteiger partial charge in [-0.05, 0) is 43.0 Å². The van der Waals surface area contributed by atoms with Crippen LogP contribution in [0.3, 0.4) is 0 Å². The predicted octanol–water partition coefficient (Wildman–Crippen LogP) is 3.50. The van der Waals surface area contributed by atoms with Crippen molar-refractivity contribution in [3.63, 3.8) is 0 Å². The van der Waals surface area contributed by atoms with E-state index in [1.165, 1.54) is 6.42 Å². The van der Waals surface area contributed by atoms with E-state index in [9.17, 15) is 8.42 Å². The number of hydrogen-bond donors (Lipinski definition) is 1. The van der Waals surface area contributed by atoms with E-state index in [0.29, 0.717) is 25.4 Å². The van der Waals surface area contributed by atoms with E-state index in [1.807, 2.05) is 36.4 Å². The number of furan rings is 1. The molecule has 1 aliphatic carbocycles. The number of rotatable bonds is 9. The molecule has 1 fully saturated rings. The van der Waals surface area contributed by atoms with Crippen LogP contribution >= 0.6 is 0 Å². The van der Waals surface area contributed by atoms with Crippen molar-refractivity contribution >= 4 is 9.84 Å². The smallest absolute Gasteiger partial charge is 0.154 e. The zero-order valence-corrected chi connectivity index (χ0v) is 14.9. The van der Waals surface area contributed by atoms with Crippen LogP contribution in [0.25, 0.3) is 0 Å². The molecule has 1 N–H and O–H groups in total. The molecule has 1 saturated carbocycles. The van der Waals surface area contributed by atoms with Crippen molar-refractivity contribution in [2.24, 2.45) is 5.92 Å². The lowest BCUT2D eigenvalue weighted by Crippen LogP contribution is -2.18. The maximum Gasteiger partial charge on any atom is 0.154 e. The van der Waals surface area contributed by atoms with E-state index in [2.05, 4.69) is 18.3 Å². The Bertz CT molecular complexity index is 752. The summed E-state index contributed by atoms with van der Waals surface area (Å²) < 4.78 is 30.0. The number of sulfone groups is 1. The third-order valence-electron chi connectivity index (χ3n) is 4.49. The standard InChI is InChI=1S/C19H25NO3S/c1-15-12-18(15)19-9-8-17(23-19)13-20-10-5-11-24(21,22)14-16-6-3-2-4-7-16/h2-4,6-9,15,18,20H,5,10-14H2,1H3. The fraction of sp³-hybridized carbons (Fsp3) is 0.474. The topological polar surface area (TPSA) is 59.3 Å². The second kappa shape index (κ2) is 7.53. The third kappa shape index (κ3) is 4.95. The summed E-state index contributed by atoms with van der Waals surface area (Å²) >= 11 is 0. The van der Waals surface area contributed by atoms with Crippen molar-refractivity contribution in [1.29, 1.82) is 0 Å². The Kier molecular flexibility index (Phi) is 5.41. The molecule has 1 aromatic heterocycles. The second-order valence-corrected chi connectivity index (χ2v) is 8.92. The van der Waals surface area contributed by atoms with Gasteiger partial charge in [0.2, 0.25) is 0 Å². The number of benzene rings is 1. The zero-order chi connectivity index (χ0) is 17.0. The quantitative estimate of drug-likeness (QED) is 0.705. The van der Waals surface area contributed by atoms with E-state index in [-0.39, 0.29) is 11.5 Å². The van der Waals surface area contributed by atoms with Crippen LogP contribution in [-0.2, 0) is 22.1 Å².